The lowest BCUT2D eigenvalue weighted by Gasteiger charge is -2.12. The molecule has 0 spiro atoms. The highest BCUT2D eigenvalue weighted by Gasteiger charge is 2.28. The summed E-state index contributed by atoms with van der Waals surface area (Å²) < 4.78 is 1.46. The maximum Gasteiger partial charge on any atom is 0.335 e. The number of hydrogen-bond acceptors (Lipinski definition) is 3. The Morgan fingerprint density at radius 3 is 2.38 bits per heavy atom. The fraction of sp³-hybridized carbons (Fsp3) is 0.261. The van der Waals surface area contributed by atoms with Gasteiger partial charge < -0.3 is 5.11 Å². The number of rotatable bonds is 6. The van der Waals surface area contributed by atoms with Crippen LogP contribution in [0.1, 0.15) is 64.0 Å². The number of Topliss-reactive ketones (excluding diaryl/α,β-unsaturated/α-hetero) is 1. The van der Waals surface area contributed by atoms with Crippen LogP contribution in [0, 0.1) is 5.92 Å². The van der Waals surface area contributed by atoms with Crippen LogP contribution in [-0.2, 0) is 6.42 Å². The molecule has 0 saturated heterocycles. The maximum absolute atomic E-state index is 13.5. The third-order valence-corrected chi connectivity index (χ3v) is 5.21. The Balaban J connectivity index is 2.42. The lowest BCUT2D eigenvalue weighted by molar-refractivity contribution is 0.0696. The summed E-state index contributed by atoms with van der Waals surface area (Å²) in [6.07, 6.45) is 1.22. The third kappa shape index (κ3) is 3.70. The van der Waals surface area contributed by atoms with Crippen molar-refractivity contribution >= 4 is 40.2 Å². The highest BCUT2D eigenvalue weighted by Crippen LogP contribution is 2.32. The van der Waals surface area contributed by atoms with Crippen LogP contribution in [0.5, 0.6) is 0 Å². The SMILES string of the molecule is CCCc1c(C(=O)C(C)C)c2ccc(C(=O)O)cc2n1C(=O)c1ccccc1Cl. The standard InChI is InChI=1S/C23H22ClNO4/c1-4-7-18-20(21(26)13(2)3)16-11-10-14(23(28)29)12-19(16)25(18)22(27)15-8-5-6-9-17(15)24/h5-6,8-13H,4,7H2,1-3H3,(H,28,29). The number of aromatic carboxylic acids is 1. The van der Waals surface area contributed by atoms with Crippen molar-refractivity contribution in [1.29, 1.82) is 0 Å². The molecule has 5 nitrogen and oxygen atoms in total. The molecule has 0 unspecified atom stereocenters. The van der Waals surface area contributed by atoms with Gasteiger partial charge in [0, 0.05) is 22.6 Å². The molecule has 0 atom stereocenters. The summed E-state index contributed by atoms with van der Waals surface area (Å²) in [5.41, 5.74) is 1.83. The lowest BCUT2D eigenvalue weighted by atomic mass is 9.96. The van der Waals surface area contributed by atoms with E-state index < -0.39 is 5.97 Å². The van der Waals surface area contributed by atoms with E-state index in [1.54, 1.807) is 30.3 Å². The van der Waals surface area contributed by atoms with Gasteiger partial charge in [-0.15, -0.1) is 0 Å². The molecular formula is C23H22ClNO4. The van der Waals surface area contributed by atoms with Gasteiger partial charge in [-0.05, 0) is 30.7 Å². The Labute approximate surface area is 173 Å². The van der Waals surface area contributed by atoms with Crippen LogP contribution >= 0.6 is 11.6 Å². The molecule has 29 heavy (non-hydrogen) atoms. The molecular weight excluding hydrogens is 390 g/mol. The number of hydrogen-bond donors (Lipinski definition) is 1. The van der Waals surface area contributed by atoms with Crippen molar-refractivity contribution in [2.24, 2.45) is 5.92 Å². The van der Waals surface area contributed by atoms with Crippen LogP contribution in [-0.4, -0.2) is 27.3 Å². The van der Waals surface area contributed by atoms with E-state index in [1.807, 2.05) is 20.8 Å². The molecule has 0 aliphatic heterocycles. The Hall–Kier alpha value is -2.92. The third-order valence-electron chi connectivity index (χ3n) is 4.88. The zero-order valence-electron chi connectivity index (χ0n) is 16.5. The molecule has 0 saturated carbocycles. The van der Waals surface area contributed by atoms with Crippen LogP contribution in [0.25, 0.3) is 10.9 Å². The van der Waals surface area contributed by atoms with Crippen molar-refractivity contribution in [3.63, 3.8) is 0 Å². The van der Waals surface area contributed by atoms with E-state index in [-0.39, 0.29) is 23.2 Å². The summed E-state index contributed by atoms with van der Waals surface area (Å²) in [5.74, 6) is -1.82. The van der Waals surface area contributed by atoms with Gasteiger partial charge >= 0.3 is 5.97 Å². The van der Waals surface area contributed by atoms with Gasteiger partial charge in [-0.3, -0.25) is 14.2 Å². The number of ketones is 1. The minimum Gasteiger partial charge on any atom is -0.478 e. The van der Waals surface area contributed by atoms with Crippen molar-refractivity contribution in [1.82, 2.24) is 4.57 Å². The van der Waals surface area contributed by atoms with Crippen LogP contribution in [0.2, 0.25) is 5.02 Å². The fourth-order valence-electron chi connectivity index (χ4n) is 3.50. The van der Waals surface area contributed by atoms with Gasteiger partial charge in [-0.25, -0.2) is 4.79 Å². The molecule has 3 aromatic rings. The molecule has 6 heteroatoms. The molecule has 0 amide bonds. The molecule has 0 aliphatic carbocycles. The predicted molar refractivity (Wildman–Crippen MR) is 113 cm³/mol. The Bertz CT molecular complexity index is 1130. The minimum atomic E-state index is -1.10. The molecule has 1 aromatic heterocycles. The van der Waals surface area contributed by atoms with Crippen LogP contribution in [0.15, 0.2) is 42.5 Å². The van der Waals surface area contributed by atoms with Gasteiger partial charge in [0.05, 0.1) is 21.7 Å². The average molecular weight is 412 g/mol. The van der Waals surface area contributed by atoms with E-state index in [0.29, 0.717) is 39.2 Å². The van der Waals surface area contributed by atoms with E-state index in [9.17, 15) is 19.5 Å². The number of halogens is 1. The summed E-state index contributed by atoms with van der Waals surface area (Å²) in [7, 11) is 0. The van der Waals surface area contributed by atoms with Crippen molar-refractivity contribution in [3.05, 3.63) is 69.9 Å². The van der Waals surface area contributed by atoms with Gasteiger partial charge in [-0.1, -0.05) is 57.0 Å². The van der Waals surface area contributed by atoms with Gasteiger partial charge in [0.2, 0.25) is 0 Å². The molecule has 2 aromatic carbocycles. The van der Waals surface area contributed by atoms with Gasteiger partial charge in [0.15, 0.2) is 5.78 Å². The molecule has 150 valence electrons. The zero-order valence-corrected chi connectivity index (χ0v) is 17.3. The quantitative estimate of drug-likeness (QED) is 0.545. The van der Waals surface area contributed by atoms with Crippen LogP contribution in [0.4, 0.5) is 0 Å². The molecule has 1 N–H and O–H groups in total. The first-order valence-corrected chi connectivity index (χ1v) is 9.89. The van der Waals surface area contributed by atoms with E-state index in [0.717, 1.165) is 6.42 Å². The number of fused-ring (bicyclic) bond motifs is 1. The molecule has 1 heterocycles. The average Bonchev–Trinajstić information content (AvgIpc) is 3.00. The first-order valence-electron chi connectivity index (χ1n) is 9.52. The first-order chi connectivity index (χ1) is 13.8. The minimum absolute atomic E-state index is 0.0507. The Morgan fingerprint density at radius 1 is 1.10 bits per heavy atom. The first kappa shape index (κ1) is 20.8. The molecule has 0 bridgehead atoms. The number of benzene rings is 2. The van der Waals surface area contributed by atoms with Crippen molar-refractivity contribution in [2.45, 2.75) is 33.6 Å². The van der Waals surface area contributed by atoms with E-state index in [2.05, 4.69) is 0 Å². The monoisotopic (exact) mass is 411 g/mol. The molecule has 0 radical (unpaired) electrons. The Kier molecular flexibility index (Phi) is 5.89. The van der Waals surface area contributed by atoms with Gasteiger partial charge in [-0.2, -0.15) is 0 Å². The smallest absolute Gasteiger partial charge is 0.335 e. The predicted octanol–water partition coefficient (Wildman–Crippen LogP) is 5.47. The number of carboxylic acid groups (broad SMARTS) is 1. The summed E-state index contributed by atoms with van der Waals surface area (Å²) in [5, 5.41) is 10.3. The fourth-order valence-corrected chi connectivity index (χ4v) is 3.71. The van der Waals surface area contributed by atoms with E-state index in [1.165, 1.54) is 16.7 Å². The lowest BCUT2D eigenvalue weighted by Crippen LogP contribution is -2.18. The van der Waals surface area contributed by atoms with Crippen molar-refractivity contribution in [3.8, 4) is 0 Å². The maximum atomic E-state index is 13.5. The topological polar surface area (TPSA) is 76.4 Å². The van der Waals surface area contributed by atoms with Gasteiger partial charge in [0.25, 0.3) is 5.91 Å². The van der Waals surface area contributed by atoms with Crippen LogP contribution in [0.3, 0.4) is 0 Å². The largest absolute Gasteiger partial charge is 0.478 e. The molecule has 0 fully saturated rings. The normalized spacial score (nSPS) is 11.2. The number of carbonyl (C=O) groups is 3. The number of aromatic nitrogens is 1. The van der Waals surface area contributed by atoms with Gasteiger partial charge in [0.1, 0.15) is 0 Å². The summed E-state index contributed by atoms with van der Waals surface area (Å²) in [4.78, 5) is 38.1. The second-order valence-corrected chi connectivity index (χ2v) is 7.66. The zero-order chi connectivity index (χ0) is 21.3. The van der Waals surface area contributed by atoms with E-state index >= 15 is 0 Å². The highest BCUT2D eigenvalue weighted by molar-refractivity contribution is 6.34. The second-order valence-electron chi connectivity index (χ2n) is 7.25. The summed E-state index contributed by atoms with van der Waals surface area (Å²) in [6, 6.07) is 11.2. The number of carboxylic acids is 1. The second kappa shape index (κ2) is 8.21. The van der Waals surface area contributed by atoms with Crippen LogP contribution < -0.4 is 0 Å². The molecule has 0 aliphatic rings. The van der Waals surface area contributed by atoms with Crippen molar-refractivity contribution in [2.75, 3.05) is 0 Å². The number of carbonyl (C=O) groups excluding carboxylic acids is 2. The Morgan fingerprint density at radius 2 is 1.79 bits per heavy atom. The van der Waals surface area contributed by atoms with Crippen molar-refractivity contribution < 1.29 is 19.5 Å². The number of nitrogens with zero attached hydrogens (tertiary/aromatic N) is 1. The molecule has 3 rings (SSSR count). The summed E-state index contributed by atoms with van der Waals surface area (Å²) >= 11 is 6.26. The van der Waals surface area contributed by atoms with E-state index in [4.69, 9.17) is 11.6 Å². The summed E-state index contributed by atoms with van der Waals surface area (Å²) in [6.45, 7) is 5.58. The highest BCUT2D eigenvalue weighted by atomic mass is 35.5.